The van der Waals surface area contributed by atoms with Crippen molar-refractivity contribution in [2.24, 2.45) is 0 Å². The van der Waals surface area contributed by atoms with Crippen LogP contribution in [0.4, 0.5) is 0 Å². The number of aromatic nitrogens is 3. The molecule has 0 radical (unpaired) electrons. The van der Waals surface area contributed by atoms with E-state index >= 15 is 0 Å². The van der Waals surface area contributed by atoms with E-state index in [0.29, 0.717) is 0 Å². The number of aromatic amines is 1. The summed E-state index contributed by atoms with van der Waals surface area (Å²) in [4.78, 5) is 14.1. The third-order valence-electron chi connectivity index (χ3n) is 3.10. The van der Waals surface area contributed by atoms with Crippen molar-refractivity contribution in [3.05, 3.63) is 48.3 Å². The van der Waals surface area contributed by atoms with Gasteiger partial charge >= 0.3 is 0 Å². The predicted octanol–water partition coefficient (Wildman–Crippen LogP) is 1.38. The summed E-state index contributed by atoms with van der Waals surface area (Å²) in [6, 6.07) is 5.94. The molecule has 1 saturated heterocycles. The Morgan fingerprint density at radius 1 is 1.33 bits per heavy atom. The summed E-state index contributed by atoms with van der Waals surface area (Å²) in [6.07, 6.45) is 5.51. The molecule has 0 aromatic carbocycles. The minimum Gasteiger partial charge on any atom is -0.369 e. The Bertz CT molecular complexity index is 471. The molecule has 3 heterocycles. The average molecular weight is 244 g/mol. The molecule has 1 aliphatic rings. The van der Waals surface area contributed by atoms with Crippen molar-refractivity contribution in [3.63, 3.8) is 0 Å². The standard InChI is InChI=1S/C13H16N4O/c1-2-4-14-11(3-1)12-9-17(7-8-18-12)10-13-15-5-6-16-13/h1-6,12H,7-10H2,(H,15,16)/t12-/m1/s1. The fraction of sp³-hybridized carbons (Fsp3) is 0.385. The summed E-state index contributed by atoms with van der Waals surface area (Å²) in [6.45, 7) is 3.36. The molecule has 1 atom stereocenters. The zero-order chi connectivity index (χ0) is 12.2. The van der Waals surface area contributed by atoms with E-state index in [4.69, 9.17) is 4.74 Å². The van der Waals surface area contributed by atoms with E-state index < -0.39 is 0 Å². The monoisotopic (exact) mass is 244 g/mol. The van der Waals surface area contributed by atoms with Crippen LogP contribution in [0.2, 0.25) is 0 Å². The average Bonchev–Trinajstić information content (AvgIpc) is 2.93. The highest BCUT2D eigenvalue weighted by molar-refractivity contribution is 5.08. The lowest BCUT2D eigenvalue weighted by atomic mass is 10.2. The molecule has 1 aliphatic heterocycles. The number of nitrogens with zero attached hydrogens (tertiary/aromatic N) is 3. The Morgan fingerprint density at radius 3 is 3.11 bits per heavy atom. The van der Waals surface area contributed by atoms with Crippen LogP contribution >= 0.6 is 0 Å². The van der Waals surface area contributed by atoms with E-state index in [1.54, 1.807) is 6.20 Å². The summed E-state index contributed by atoms with van der Waals surface area (Å²) in [5, 5.41) is 0. The first-order valence-corrected chi connectivity index (χ1v) is 6.15. The molecule has 0 bridgehead atoms. The summed E-state index contributed by atoms with van der Waals surface area (Å²) in [7, 11) is 0. The van der Waals surface area contributed by atoms with Crippen molar-refractivity contribution in [2.75, 3.05) is 19.7 Å². The number of imidazole rings is 1. The smallest absolute Gasteiger partial charge is 0.120 e. The number of pyridine rings is 1. The molecule has 1 N–H and O–H groups in total. The van der Waals surface area contributed by atoms with Crippen molar-refractivity contribution in [2.45, 2.75) is 12.6 Å². The third kappa shape index (κ3) is 2.57. The van der Waals surface area contributed by atoms with Crippen LogP contribution in [-0.2, 0) is 11.3 Å². The molecular weight excluding hydrogens is 228 g/mol. The van der Waals surface area contributed by atoms with Crippen LogP contribution in [0, 0.1) is 0 Å². The Labute approximate surface area is 106 Å². The maximum absolute atomic E-state index is 5.78. The van der Waals surface area contributed by atoms with Gasteiger partial charge in [-0.2, -0.15) is 0 Å². The number of rotatable bonds is 3. The van der Waals surface area contributed by atoms with Gasteiger partial charge in [0.15, 0.2) is 0 Å². The minimum atomic E-state index is 0.0647. The van der Waals surface area contributed by atoms with Gasteiger partial charge in [0, 0.05) is 31.7 Å². The van der Waals surface area contributed by atoms with Gasteiger partial charge in [0.1, 0.15) is 11.9 Å². The van der Waals surface area contributed by atoms with Crippen LogP contribution in [0.5, 0.6) is 0 Å². The number of ether oxygens (including phenoxy) is 1. The topological polar surface area (TPSA) is 54.0 Å². The van der Waals surface area contributed by atoms with Crippen molar-refractivity contribution in [3.8, 4) is 0 Å². The fourth-order valence-corrected chi connectivity index (χ4v) is 2.19. The molecule has 94 valence electrons. The van der Waals surface area contributed by atoms with Gasteiger partial charge in [0.2, 0.25) is 0 Å². The van der Waals surface area contributed by atoms with Crippen LogP contribution in [0.15, 0.2) is 36.8 Å². The molecule has 5 heteroatoms. The van der Waals surface area contributed by atoms with Crippen molar-refractivity contribution in [1.82, 2.24) is 19.9 Å². The normalized spacial score (nSPS) is 21.0. The quantitative estimate of drug-likeness (QED) is 0.886. The molecule has 0 aliphatic carbocycles. The first kappa shape index (κ1) is 11.4. The molecule has 0 spiro atoms. The lowest BCUT2D eigenvalue weighted by molar-refractivity contribution is -0.0356. The second-order valence-electron chi connectivity index (χ2n) is 4.39. The second kappa shape index (κ2) is 5.29. The van der Waals surface area contributed by atoms with Crippen molar-refractivity contribution in [1.29, 1.82) is 0 Å². The Balaban J connectivity index is 1.65. The SMILES string of the molecule is c1ccc([C@H]2CN(Cc3ncc[nH]3)CCO2)nc1. The number of H-pyrrole nitrogens is 1. The van der Waals surface area contributed by atoms with Gasteiger partial charge in [-0.25, -0.2) is 4.98 Å². The summed E-state index contributed by atoms with van der Waals surface area (Å²) in [5.74, 6) is 0.997. The van der Waals surface area contributed by atoms with E-state index in [9.17, 15) is 0 Å². The maximum Gasteiger partial charge on any atom is 0.120 e. The largest absolute Gasteiger partial charge is 0.369 e. The van der Waals surface area contributed by atoms with Crippen LogP contribution in [0.1, 0.15) is 17.6 Å². The molecule has 3 rings (SSSR count). The lowest BCUT2D eigenvalue weighted by Gasteiger charge is -2.31. The Kier molecular flexibility index (Phi) is 3.34. The molecule has 0 unspecified atom stereocenters. The Hall–Kier alpha value is -1.72. The van der Waals surface area contributed by atoms with E-state index in [1.807, 2.05) is 30.6 Å². The molecule has 1 fully saturated rings. The number of nitrogens with one attached hydrogen (secondary N) is 1. The summed E-state index contributed by atoms with van der Waals surface area (Å²) < 4.78 is 5.78. The highest BCUT2D eigenvalue weighted by Gasteiger charge is 2.23. The second-order valence-corrected chi connectivity index (χ2v) is 4.39. The molecule has 0 saturated carbocycles. The van der Waals surface area contributed by atoms with Gasteiger partial charge in [-0.3, -0.25) is 9.88 Å². The van der Waals surface area contributed by atoms with E-state index in [0.717, 1.165) is 37.8 Å². The van der Waals surface area contributed by atoms with Gasteiger partial charge in [0.05, 0.1) is 18.8 Å². The van der Waals surface area contributed by atoms with Gasteiger partial charge < -0.3 is 9.72 Å². The number of hydrogen-bond donors (Lipinski definition) is 1. The molecule has 5 nitrogen and oxygen atoms in total. The molecule has 18 heavy (non-hydrogen) atoms. The highest BCUT2D eigenvalue weighted by Crippen LogP contribution is 2.20. The van der Waals surface area contributed by atoms with Crippen LogP contribution in [0.25, 0.3) is 0 Å². The first-order chi connectivity index (χ1) is 8.92. The molecule has 0 amide bonds. The van der Waals surface area contributed by atoms with Gasteiger partial charge in [-0.05, 0) is 12.1 Å². The predicted molar refractivity (Wildman–Crippen MR) is 66.8 cm³/mol. The van der Waals surface area contributed by atoms with E-state index in [-0.39, 0.29) is 6.10 Å². The highest BCUT2D eigenvalue weighted by atomic mass is 16.5. The van der Waals surface area contributed by atoms with Crippen molar-refractivity contribution >= 4 is 0 Å². The van der Waals surface area contributed by atoms with Gasteiger partial charge in [-0.1, -0.05) is 6.07 Å². The zero-order valence-electron chi connectivity index (χ0n) is 10.1. The van der Waals surface area contributed by atoms with Gasteiger partial charge in [0.25, 0.3) is 0 Å². The Morgan fingerprint density at radius 2 is 2.33 bits per heavy atom. The molecule has 2 aromatic heterocycles. The van der Waals surface area contributed by atoms with Crippen LogP contribution in [0.3, 0.4) is 0 Å². The summed E-state index contributed by atoms with van der Waals surface area (Å²) >= 11 is 0. The summed E-state index contributed by atoms with van der Waals surface area (Å²) in [5.41, 5.74) is 1.00. The van der Waals surface area contributed by atoms with E-state index in [2.05, 4.69) is 19.9 Å². The fourth-order valence-electron chi connectivity index (χ4n) is 2.19. The maximum atomic E-state index is 5.78. The minimum absolute atomic E-state index is 0.0647. The molecule has 2 aromatic rings. The van der Waals surface area contributed by atoms with E-state index in [1.165, 1.54) is 0 Å². The van der Waals surface area contributed by atoms with Crippen molar-refractivity contribution < 1.29 is 4.74 Å². The number of morpholine rings is 1. The zero-order valence-corrected chi connectivity index (χ0v) is 10.1. The van der Waals surface area contributed by atoms with Crippen LogP contribution in [-0.4, -0.2) is 39.5 Å². The molecular formula is C13H16N4O. The lowest BCUT2D eigenvalue weighted by Crippen LogP contribution is -2.38. The number of hydrogen-bond acceptors (Lipinski definition) is 4. The third-order valence-corrected chi connectivity index (χ3v) is 3.10. The van der Waals surface area contributed by atoms with Gasteiger partial charge in [-0.15, -0.1) is 0 Å². The van der Waals surface area contributed by atoms with Crippen LogP contribution < -0.4 is 0 Å². The first-order valence-electron chi connectivity index (χ1n) is 6.15.